The van der Waals surface area contributed by atoms with Gasteiger partial charge < -0.3 is 14.8 Å². The average molecular weight is 297 g/mol. The number of carbonyl (C=O) groups excluding carboxylic acids is 1. The van der Waals surface area contributed by atoms with Gasteiger partial charge in [0.05, 0.1) is 10.9 Å². The Morgan fingerprint density at radius 1 is 1.30 bits per heavy atom. The van der Waals surface area contributed by atoms with Crippen molar-refractivity contribution in [2.75, 3.05) is 14.2 Å². The van der Waals surface area contributed by atoms with Gasteiger partial charge in [-0.15, -0.1) is 11.3 Å². The van der Waals surface area contributed by atoms with Crippen molar-refractivity contribution < 1.29 is 18.7 Å². The van der Waals surface area contributed by atoms with Gasteiger partial charge in [-0.25, -0.2) is 4.39 Å². The number of hydrogen-bond donors (Lipinski definition) is 1. The molecular formula is C14H16FNO3S. The summed E-state index contributed by atoms with van der Waals surface area (Å²) in [5.41, 5.74) is 0. The zero-order valence-corrected chi connectivity index (χ0v) is 12.3. The van der Waals surface area contributed by atoms with E-state index in [1.807, 2.05) is 0 Å². The van der Waals surface area contributed by atoms with Crippen LogP contribution in [0.5, 0.6) is 0 Å². The maximum Gasteiger partial charge on any atom is 0.261 e. The third kappa shape index (κ3) is 3.15. The van der Waals surface area contributed by atoms with E-state index in [1.54, 1.807) is 19.1 Å². The lowest BCUT2D eigenvalue weighted by Gasteiger charge is -2.21. The summed E-state index contributed by atoms with van der Waals surface area (Å²) in [5, 5.41) is 3.65. The molecule has 4 nitrogen and oxygen atoms in total. The highest BCUT2D eigenvalue weighted by atomic mass is 32.1. The van der Waals surface area contributed by atoms with Crippen LogP contribution in [-0.2, 0) is 9.47 Å². The zero-order chi connectivity index (χ0) is 14.7. The second-order valence-electron chi connectivity index (χ2n) is 4.39. The fourth-order valence-electron chi connectivity index (χ4n) is 1.97. The summed E-state index contributed by atoms with van der Waals surface area (Å²) in [7, 11) is 3.03. The van der Waals surface area contributed by atoms with Gasteiger partial charge in [0.2, 0.25) is 0 Å². The van der Waals surface area contributed by atoms with Crippen LogP contribution in [0.15, 0.2) is 24.3 Å². The Balaban J connectivity index is 2.15. The molecule has 1 atom stereocenters. The van der Waals surface area contributed by atoms with Gasteiger partial charge in [0.1, 0.15) is 5.82 Å². The van der Waals surface area contributed by atoms with Crippen LogP contribution >= 0.6 is 11.3 Å². The standard InChI is InChI=1S/C14H16FNO3S/c1-8(14(18-2)19-3)16-13(17)12-6-9-4-5-10(15)7-11(9)20-12/h4-8,14H,1-3H3,(H,16,17). The van der Waals surface area contributed by atoms with E-state index in [2.05, 4.69) is 5.32 Å². The first-order chi connectivity index (χ1) is 9.55. The minimum absolute atomic E-state index is 0.224. The lowest BCUT2D eigenvalue weighted by molar-refractivity contribution is -0.117. The molecule has 1 unspecified atom stereocenters. The summed E-state index contributed by atoms with van der Waals surface area (Å²) >= 11 is 1.25. The number of nitrogens with one attached hydrogen (secondary N) is 1. The first kappa shape index (κ1) is 14.9. The Hall–Kier alpha value is -1.50. The monoisotopic (exact) mass is 297 g/mol. The van der Waals surface area contributed by atoms with E-state index >= 15 is 0 Å². The molecule has 0 radical (unpaired) electrons. The van der Waals surface area contributed by atoms with Crippen LogP contribution in [0.2, 0.25) is 0 Å². The molecule has 1 aromatic carbocycles. The van der Waals surface area contributed by atoms with Crippen molar-refractivity contribution in [1.82, 2.24) is 5.32 Å². The van der Waals surface area contributed by atoms with Gasteiger partial charge in [-0.3, -0.25) is 4.79 Å². The van der Waals surface area contributed by atoms with Crippen LogP contribution in [-0.4, -0.2) is 32.5 Å². The molecule has 0 aliphatic heterocycles. The summed E-state index contributed by atoms with van der Waals surface area (Å²) in [5.74, 6) is -0.531. The first-order valence-corrected chi connectivity index (χ1v) is 6.92. The summed E-state index contributed by atoms with van der Waals surface area (Å²) < 4.78 is 24.1. The van der Waals surface area contributed by atoms with Gasteiger partial charge in [-0.1, -0.05) is 6.07 Å². The Morgan fingerprint density at radius 3 is 2.65 bits per heavy atom. The molecule has 0 saturated carbocycles. The van der Waals surface area contributed by atoms with E-state index in [0.29, 0.717) is 4.88 Å². The van der Waals surface area contributed by atoms with Gasteiger partial charge in [0.25, 0.3) is 5.91 Å². The van der Waals surface area contributed by atoms with E-state index in [0.717, 1.165) is 10.1 Å². The summed E-state index contributed by atoms with van der Waals surface area (Å²) in [4.78, 5) is 12.7. The number of methoxy groups -OCH3 is 2. The highest BCUT2D eigenvalue weighted by Crippen LogP contribution is 2.26. The Kier molecular flexibility index (Phi) is 4.69. The minimum atomic E-state index is -0.509. The number of fused-ring (bicyclic) bond motifs is 1. The van der Waals surface area contributed by atoms with Crippen molar-refractivity contribution in [3.8, 4) is 0 Å². The number of halogens is 1. The molecule has 0 saturated heterocycles. The molecule has 20 heavy (non-hydrogen) atoms. The number of amides is 1. The van der Waals surface area contributed by atoms with Crippen molar-refractivity contribution in [2.45, 2.75) is 19.3 Å². The molecule has 1 N–H and O–H groups in total. The predicted octanol–water partition coefficient (Wildman–Crippen LogP) is 2.78. The fraction of sp³-hybridized carbons (Fsp3) is 0.357. The SMILES string of the molecule is COC(OC)C(C)NC(=O)c1cc2ccc(F)cc2s1. The first-order valence-electron chi connectivity index (χ1n) is 6.10. The number of benzene rings is 1. The van der Waals surface area contributed by atoms with E-state index in [-0.39, 0.29) is 17.8 Å². The lowest BCUT2D eigenvalue weighted by atomic mass is 10.2. The molecular weight excluding hydrogens is 281 g/mol. The number of ether oxygens (including phenoxy) is 2. The second kappa shape index (κ2) is 6.30. The third-order valence-electron chi connectivity index (χ3n) is 2.94. The highest BCUT2D eigenvalue weighted by Gasteiger charge is 2.20. The Morgan fingerprint density at radius 2 is 2.00 bits per heavy atom. The fourth-order valence-corrected chi connectivity index (χ4v) is 2.96. The maximum absolute atomic E-state index is 13.1. The molecule has 0 spiro atoms. The summed E-state index contributed by atoms with van der Waals surface area (Å²) in [6, 6.07) is 5.92. The van der Waals surface area contributed by atoms with Crippen molar-refractivity contribution in [3.05, 3.63) is 35.0 Å². The number of carbonyl (C=O) groups is 1. The Bertz CT molecular complexity index is 609. The van der Waals surface area contributed by atoms with Gasteiger partial charge in [0.15, 0.2) is 6.29 Å². The summed E-state index contributed by atoms with van der Waals surface area (Å²) in [6.07, 6.45) is -0.509. The maximum atomic E-state index is 13.1. The number of rotatable bonds is 5. The number of hydrogen-bond acceptors (Lipinski definition) is 4. The molecule has 1 aromatic heterocycles. The van der Waals surface area contributed by atoms with Crippen LogP contribution in [0.3, 0.4) is 0 Å². The largest absolute Gasteiger partial charge is 0.354 e. The highest BCUT2D eigenvalue weighted by molar-refractivity contribution is 7.20. The van der Waals surface area contributed by atoms with Crippen LogP contribution in [0.1, 0.15) is 16.6 Å². The molecule has 0 fully saturated rings. The zero-order valence-electron chi connectivity index (χ0n) is 11.5. The molecule has 0 aliphatic carbocycles. The summed E-state index contributed by atoms with van der Waals surface area (Å²) in [6.45, 7) is 1.79. The minimum Gasteiger partial charge on any atom is -0.354 e. The smallest absolute Gasteiger partial charge is 0.261 e. The van der Waals surface area contributed by atoms with Crippen LogP contribution < -0.4 is 5.32 Å². The van der Waals surface area contributed by atoms with Crippen molar-refractivity contribution in [1.29, 1.82) is 0 Å². The van der Waals surface area contributed by atoms with Crippen molar-refractivity contribution >= 4 is 27.3 Å². The second-order valence-corrected chi connectivity index (χ2v) is 5.48. The predicted molar refractivity (Wildman–Crippen MR) is 76.5 cm³/mol. The average Bonchev–Trinajstić information content (AvgIpc) is 2.83. The molecule has 1 amide bonds. The lowest BCUT2D eigenvalue weighted by Crippen LogP contribution is -2.42. The van der Waals surface area contributed by atoms with E-state index in [9.17, 15) is 9.18 Å². The van der Waals surface area contributed by atoms with Crippen LogP contribution in [0.25, 0.3) is 10.1 Å². The quantitative estimate of drug-likeness (QED) is 0.863. The van der Waals surface area contributed by atoms with Crippen molar-refractivity contribution in [3.63, 3.8) is 0 Å². The molecule has 2 rings (SSSR count). The van der Waals surface area contributed by atoms with Crippen LogP contribution in [0, 0.1) is 5.82 Å². The molecule has 0 bridgehead atoms. The van der Waals surface area contributed by atoms with Gasteiger partial charge in [-0.2, -0.15) is 0 Å². The number of thiophene rings is 1. The van der Waals surface area contributed by atoms with Gasteiger partial charge in [0, 0.05) is 18.9 Å². The van der Waals surface area contributed by atoms with Gasteiger partial charge >= 0.3 is 0 Å². The molecule has 6 heteroatoms. The van der Waals surface area contributed by atoms with E-state index in [1.165, 1.54) is 37.7 Å². The Labute approximate surface area is 120 Å². The van der Waals surface area contributed by atoms with Crippen LogP contribution in [0.4, 0.5) is 4.39 Å². The normalized spacial score (nSPS) is 12.8. The molecule has 1 heterocycles. The van der Waals surface area contributed by atoms with Crippen molar-refractivity contribution in [2.24, 2.45) is 0 Å². The molecule has 108 valence electrons. The third-order valence-corrected chi connectivity index (χ3v) is 4.03. The van der Waals surface area contributed by atoms with E-state index in [4.69, 9.17) is 9.47 Å². The van der Waals surface area contributed by atoms with E-state index < -0.39 is 6.29 Å². The topological polar surface area (TPSA) is 47.6 Å². The molecule has 0 aliphatic rings. The van der Waals surface area contributed by atoms with Gasteiger partial charge in [-0.05, 0) is 30.5 Å². The molecule has 2 aromatic rings.